The number of nitrogens with two attached hydrogens (primary N) is 1. The highest BCUT2D eigenvalue weighted by Gasteiger charge is 2.34. The minimum Gasteiger partial charge on any atom is -0.370 e. The molecule has 0 saturated carbocycles. The van der Waals surface area contributed by atoms with E-state index in [1.165, 1.54) is 7.05 Å². The van der Waals surface area contributed by atoms with Crippen LogP contribution in [0.5, 0.6) is 0 Å². The molecule has 0 bridgehead atoms. The van der Waals surface area contributed by atoms with Gasteiger partial charge in [-0.2, -0.15) is 13.2 Å². The third kappa shape index (κ3) is 5.34. The van der Waals surface area contributed by atoms with E-state index in [-0.39, 0.29) is 30.4 Å². The summed E-state index contributed by atoms with van der Waals surface area (Å²) in [4.78, 5) is 17.1. The Morgan fingerprint density at radius 1 is 1.42 bits per heavy atom. The molecule has 0 aliphatic carbocycles. The second-order valence-corrected chi connectivity index (χ2v) is 6.32. The van der Waals surface area contributed by atoms with Gasteiger partial charge in [0.05, 0.1) is 5.56 Å². The smallest absolute Gasteiger partial charge is 0.370 e. The SMILES string of the molecule is CN=C(NCc1ccc(F)cc1C(F)(F)F)N1CCCC(CC(N)=O)C1. The van der Waals surface area contributed by atoms with Gasteiger partial charge in [-0.25, -0.2) is 4.39 Å². The monoisotopic (exact) mass is 374 g/mol. The Balaban J connectivity index is 2.07. The average molecular weight is 374 g/mol. The van der Waals surface area contributed by atoms with E-state index in [9.17, 15) is 22.4 Å². The summed E-state index contributed by atoms with van der Waals surface area (Å²) in [5, 5.41) is 2.90. The third-order valence-corrected chi connectivity index (χ3v) is 4.33. The highest BCUT2D eigenvalue weighted by molar-refractivity contribution is 5.80. The fourth-order valence-corrected chi connectivity index (χ4v) is 3.18. The molecule has 0 radical (unpaired) electrons. The highest BCUT2D eigenvalue weighted by Crippen LogP contribution is 2.32. The summed E-state index contributed by atoms with van der Waals surface area (Å²) in [6.07, 6.45) is -2.67. The van der Waals surface area contributed by atoms with Crippen LogP contribution >= 0.6 is 0 Å². The van der Waals surface area contributed by atoms with Crippen LogP contribution in [0.4, 0.5) is 17.6 Å². The lowest BCUT2D eigenvalue weighted by Gasteiger charge is -2.34. The van der Waals surface area contributed by atoms with Crippen LogP contribution in [0.15, 0.2) is 23.2 Å². The number of primary amides is 1. The third-order valence-electron chi connectivity index (χ3n) is 4.33. The summed E-state index contributed by atoms with van der Waals surface area (Å²) in [5.41, 5.74) is 4.17. The van der Waals surface area contributed by atoms with Crippen LogP contribution in [0.1, 0.15) is 30.4 Å². The van der Waals surface area contributed by atoms with Crippen LogP contribution in [0.3, 0.4) is 0 Å². The Morgan fingerprint density at radius 3 is 2.77 bits per heavy atom. The number of aliphatic imine (C=N–C) groups is 1. The minimum atomic E-state index is -4.64. The molecule has 1 aliphatic rings. The number of carbonyl (C=O) groups is 1. The van der Waals surface area contributed by atoms with Gasteiger partial charge >= 0.3 is 6.18 Å². The van der Waals surface area contributed by atoms with Crippen LogP contribution in [0, 0.1) is 11.7 Å². The Morgan fingerprint density at radius 2 is 2.15 bits per heavy atom. The number of benzene rings is 1. The number of likely N-dealkylation sites (tertiary alicyclic amines) is 1. The zero-order chi connectivity index (χ0) is 19.3. The van der Waals surface area contributed by atoms with Gasteiger partial charge in [-0.15, -0.1) is 0 Å². The number of guanidine groups is 1. The molecule has 1 fully saturated rings. The first-order valence-electron chi connectivity index (χ1n) is 8.30. The first-order chi connectivity index (χ1) is 12.2. The van der Waals surface area contributed by atoms with Gasteiger partial charge in [-0.1, -0.05) is 6.07 Å². The largest absolute Gasteiger partial charge is 0.416 e. The Labute approximate surface area is 149 Å². The Hall–Kier alpha value is -2.32. The molecular weight excluding hydrogens is 352 g/mol. The lowest BCUT2D eigenvalue weighted by atomic mass is 9.95. The maximum atomic E-state index is 13.2. The van der Waals surface area contributed by atoms with Gasteiger partial charge in [-0.3, -0.25) is 9.79 Å². The second-order valence-electron chi connectivity index (χ2n) is 6.32. The van der Waals surface area contributed by atoms with Gasteiger partial charge in [0.15, 0.2) is 5.96 Å². The summed E-state index contributed by atoms with van der Waals surface area (Å²) < 4.78 is 52.4. The van der Waals surface area contributed by atoms with E-state index in [0.29, 0.717) is 25.1 Å². The predicted octanol–water partition coefficient (Wildman–Crippen LogP) is 2.51. The first-order valence-corrected chi connectivity index (χ1v) is 8.30. The molecule has 144 valence electrons. The van der Waals surface area contributed by atoms with E-state index >= 15 is 0 Å². The van der Waals surface area contributed by atoms with Crippen molar-refractivity contribution < 1.29 is 22.4 Å². The summed E-state index contributed by atoms with van der Waals surface area (Å²) >= 11 is 0. The molecule has 1 unspecified atom stereocenters. The number of nitrogens with zero attached hydrogens (tertiary/aromatic N) is 2. The fourth-order valence-electron chi connectivity index (χ4n) is 3.18. The molecule has 9 heteroatoms. The number of nitrogens with one attached hydrogen (secondary N) is 1. The Kier molecular flexibility index (Phi) is 6.44. The van der Waals surface area contributed by atoms with Crippen LogP contribution < -0.4 is 11.1 Å². The summed E-state index contributed by atoms with van der Waals surface area (Å²) in [5.74, 6) is -0.773. The standard InChI is InChI=1S/C17H22F4N4O/c1-23-16(25-6-2-3-11(10-25)7-15(22)26)24-9-12-4-5-13(18)8-14(12)17(19,20)21/h4-5,8,11H,2-3,6-7,9-10H2,1H3,(H2,22,26)(H,23,24). The van der Waals surface area contributed by atoms with Crippen molar-refractivity contribution in [3.63, 3.8) is 0 Å². The lowest BCUT2D eigenvalue weighted by molar-refractivity contribution is -0.138. The second kappa shape index (κ2) is 8.37. The zero-order valence-corrected chi connectivity index (χ0v) is 14.4. The van der Waals surface area contributed by atoms with Gasteiger partial charge in [-0.05, 0) is 36.5 Å². The van der Waals surface area contributed by atoms with Crippen molar-refractivity contribution in [3.05, 3.63) is 35.1 Å². The molecule has 1 aromatic rings. The number of amides is 1. The molecule has 0 spiro atoms. The topological polar surface area (TPSA) is 70.7 Å². The molecule has 2 rings (SSSR count). The zero-order valence-electron chi connectivity index (χ0n) is 14.4. The number of carbonyl (C=O) groups excluding carboxylic acids is 1. The number of alkyl halides is 3. The number of piperidine rings is 1. The highest BCUT2D eigenvalue weighted by atomic mass is 19.4. The number of hydrogen-bond acceptors (Lipinski definition) is 2. The molecule has 1 heterocycles. The number of rotatable bonds is 4. The molecular formula is C17H22F4N4O. The fraction of sp³-hybridized carbons (Fsp3) is 0.529. The summed E-state index contributed by atoms with van der Waals surface area (Å²) in [6.45, 7) is 1.10. The van der Waals surface area contributed by atoms with E-state index < -0.39 is 17.6 Å². The molecule has 5 nitrogen and oxygen atoms in total. The van der Waals surface area contributed by atoms with E-state index in [1.807, 2.05) is 4.90 Å². The van der Waals surface area contributed by atoms with Gasteiger partial charge in [0.2, 0.25) is 5.91 Å². The molecule has 1 atom stereocenters. The van der Waals surface area contributed by atoms with Gasteiger partial charge in [0, 0.05) is 33.1 Å². The molecule has 1 aliphatic heterocycles. The lowest BCUT2D eigenvalue weighted by Crippen LogP contribution is -2.47. The predicted molar refractivity (Wildman–Crippen MR) is 89.7 cm³/mol. The molecule has 1 saturated heterocycles. The maximum Gasteiger partial charge on any atom is 0.416 e. The van der Waals surface area contributed by atoms with E-state index in [2.05, 4.69) is 10.3 Å². The molecule has 26 heavy (non-hydrogen) atoms. The van der Waals surface area contributed by atoms with Crippen LogP contribution in [-0.2, 0) is 17.5 Å². The number of halogens is 4. The quantitative estimate of drug-likeness (QED) is 0.483. The van der Waals surface area contributed by atoms with E-state index in [1.54, 1.807) is 0 Å². The van der Waals surface area contributed by atoms with Crippen molar-refractivity contribution in [1.82, 2.24) is 10.2 Å². The normalized spacial score (nSPS) is 18.7. The minimum absolute atomic E-state index is 0.0641. The van der Waals surface area contributed by atoms with Crippen molar-refractivity contribution in [2.24, 2.45) is 16.6 Å². The maximum absolute atomic E-state index is 13.2. The van der Waals surface area contributed by atoms with Crippen molar-refractivity contribution in [2.45, 2.75) is 32.0 Å². The number of hydrogen-bond donors (Lipinski definition) is 2. The molecule has 1 aromatic carbocycles. The molecule has 0 aromatic heterocycles. The van der Waals surface area contributed by atoms with Crippen molar-refractivity contribution in [2.75, 3.05) is 20.1 Å². The first kappa shape index (κ1) is 20.0. The summed E-state index contributed by atoms with van der Waals surface area (Å²) in [7, 11) is 1.54. The van der Waals surface area contributed by atoms with Crippen LogP contribution in [0.2, 0.25) is 0 Å². The van der Waals surface area contributed by atoms with Crippen LogP contribution in [-0.4, -0.2) is 36.9 Å². The van der Waals surface area contributed by atoms with Gasteiger partial charge < -0.3 is 16.0 Å². The van der Waals surface area contributed by atoms with E-state index in [4.69, 9.17) is 5.73 Å². The van der Waals surface area contributed by atoms with Crippen molar-refractivity contribution in [1.29, 1.82) is 0 Å². The van der Waals surface area contributed by atoms with Crippen molar-refractivity contribution >= 4 is 11.9 Å². The Bertz CT molecular complexity index is 675. The van der Waals surface area contributed by atoms with Crippen LogP contribution in [0.25, 0.3) is 0 Å². The molecule has 3 N–H and O–H groups in total. The van der Waals surface area contributed by atoms with Crippen molar-refractivity contribution in [3.8, 4) is 0 Å². The average Bonchev–Trinajstić information content (AvgIpc) is 2.55. The van der Waals surface area contributed by atoms with Gasteiger partial charge in [0.1, 0.15) is 5.82 Å². The summed E-state index contributed by atoms with van der Waals surface area (Å²) in [6, 6.07) is 2.60. The van der Waals surface area contributed by atoms with Gasteiger partial charge in [0.25, 0.3) is 0 Å². The van der Waals surface area contributed by atoms with E-state index in [0.717, 1.165) is 25.0 Å². The molecule has 1 amide bonds.